The molecule has 1 aromatic rings. The molecule has 10 nitrogen and oxygen atoms in total. The monoisotopic (exact) mass is 392 g/mol. The normalized spacial score (nSPS) is 36.8. The van der Waals surface area contributed by atoms with Gasteiger partial charge in [-0.3, -0.25) is 4.57 Å². The van der Waals surface area contributed by atoms with Crippen LogP contribution < -0.4 is 11.4 Å². The Balaban J connectivity index is 1.71. The number of nitrogens with zero attached hydrogens (tertiary/aromatic N) is 3. The van der Waals surface area contributed by atoms with E-state index < -0.39 is 41.6 Å². The summed E-state index contributed by atoms with van der Waals surface area (Å²) in [5, 5.41) is 30.5. The van der Waals surface area contributed by atoms with Crippen molar-refractivity contribution in [2.45, 2.75) is 74.5 Å². The maximum atomic E-state index is 12.3. The average molecular weight is 392 g/mol. The van der Waals surface area contributed by atoms with E-state index in [9.17, 15) is 20.3 Å². The van der Waals surface area contributed by atoms with Crippen LogP contribution in [0.15, 0.2) is 17.1 Å². The van der Waals surface area contributed by atoms with E-state index in [1.807, 2.05) is 0 Å². The fourth-order valence-corrected chi connectivity index (χ4v) is 4.52. The molecule has 3 fully saturated rings. The van der Waals surface area contributed by atoms with Gasteiger partial charge in [-0.2, -0.15) is 10.2 Å². The van der Waals surface area contributed by atoms with E-state index in [-0.39, 0.29) is 18.8 Å². The molecule has 4 rings (SSSR count). The first-order chi connectivity index (χ1) is 13.4. The largest absolute Gasteiger partial charge is 0.394 e. The van der Waals surface area contributed by atoms with Crippen molar-refractivity contribution in [2.75, 3.05) is 12.3 Å². The molecule has 2 aliphatic heterocycles. The van der Waals surface area contributed by atoms with Gasteiger partial charge in [-0.1, -0.05) is 19.3 Å². The molecule has 10 heteroatoms. The van der Waals surface area contributed by atoms with Gasteiger partial charge in [0.15, 0.2) is 6.23 Å². The maximum absolute atomic E-state index is 12.3. The third-order valence-electron chi connectivity index (χ3n) is 5.95. The van der Waals surface area contributed by atoms with Gasteiger partial charge in [0.2, 0.25) is 5.79 Å². The first-order valence-corrected chi connectivity index (χ1v) is 9.49. The zero-order chi connectivity index (χ0) is 19.9. The lowest BCUT2D eigenvalue weighted by molar-refractivity contribution is -0.305. The van der Waals surface area contributed by atoms with Gasteiger partial charge >= 0.3 is 5.69 Å². The Bertz CT molecular complexity index is 832. The van der Waals surface area contributed by atoms with E-state index in [0.717, 1.165) is 19.3 Å². The van der Waals surface area contributed by atoms with Gasteiger partial charge in [0.05, 0.1) is 19.1 Å². The summed E-state index contributed by atoms with van der Waals surface area (Å²) in [5.74, 6) is -1.45. The van der Waals surface area contributed by atoms with Crippen molar-refractivity contribution in [1.29, 1.82) is 5.26 Å². The zero-order valence-electron chi connectivity index (χ0n) is 15.4. The molecule has 3 heterocycles. The van der Waals surface area contributed by atoms with E-state index in [0.29, 0.717) is 12.8 Å². The molecular weight excluding hydrogens is 368 g/mol. The summed E-state index contributed by atoms with van der Waals surface area (Å²) in [7, 11) is 0. The number of nitrogens with two attached hydrogens (primary N) is 1. The highest BCUT2D eigenvalue weighted by Gasteiger charge is 2.65. The Labute approximate surface area is 161 Å². The Kier molecular flexibility index (Phi) is 4.89. The molecule has 4 N–H and O–H groups in total. The lowest BCUT2D eigenvalue weighted by atomic mass is 9.77. The van der Waals surface area contributed by atoms with Crippen LogP contribution in [0.5, 0.6) is 0 Å². The molecular formula is C18H24N4O6. The molecule has 1 saturated carbocycles. The quantitative estimate of drug-likeness (QED) is 0.632. The topological polar surface area (TPSA) is 153 Å². The van der Waals surface area contributed by atoms with Crippen molar-refractivity contribution < 1.29 is 24.4 Å². The predicted octanol–water partition coefficient (Wildman–Crippen LogP) is -0.196. The molecule has 152 valence electrons. The van der Waals surface area contributed by atoms with Crippen molar-refractivity contribution in [3.8, 4) is 6.07 Å². The Morgan fingerprint density at radius 3 is 2.68 bits per heavy atom. The van der Waals surface area contributed by atoms with Gasteiger partial charge in [0, 0.05) is 6.20 Å². The van der Waals surface area contributed by atoms with Crippen LogP contribution in [0.4, 0.5) is 5.82 Å². The molecule has 1 aromatic heterocycles. The number of nitrogen functional groups attached to an aromatic ring is 1. The minimum atomic E-state index is -1.53. The number of fused-ring (bicyclic) bond motifs is 1. The number of nitriles is 1. The molecule has 0 aromatic carbocycles. The SMILES string of the molecule is N#CCC1(C2(O)CCCCC2)OC2C(O1)[C@@H](CO)O[C@H]2n1ccc(N)nc1=O. The first kappa shape index (κ1) is 19.3. The molecule has 0 spiro atoms. The van der Waals surface area contributed by atoms with E-state index in [4.69, 9.17) is 19.9 Å². The number of aliphatic hydroxyl groups excluding tert-OH is 1. The highest BCUT2D eigenvalue weighted by Crippen LogP contribution is 2.51. The summed E-state index contributed by atoms with van der Waals surface area (Å²) in [6, 6.07) is 3.52. The van der Waals surface area contributed by atoms with Crippen molar-refractivity contribution >= 4 is 5.82 Å². The number of hydrogen-bond donors (Lipinski definition) is 3. The van der Waals surface area contributed by atoms with Gasteiger partial charge < -0.3 is 30.2 Å². The zero-order valence-corrected chi connectivity index (χ0v) is 15.4. The number of rotatable bonds is 4. The van der Waals surface area contributed by atoms with E-state index in [1.165, 1.54) is 16.8 Å². The van der Waals surface area contributed by atoms with Crippen molar-refractivity contribution in [3.05, 3.63) is 22.7 Å². The Hall–Kier alpha value is -2.03. The molecule has 0 radical (unpaired) electrons. The average Bonchev–Trinajstić information content (AvgIpc) is 3.20. The van der Waals surface area contributed by atoms with Crippen LogP contribution in [0.1, 0.15) is 44.8 Å². The Morgan fingerprint density at radius 2 is 2.04 bits per heavy atom. The highest BCUT2D eigenvalue weighted by molar-refractivity contribution is 5.23. The van der Waals surface area contributed by atoms with E-state index in [1.54, 1.807) is 0 Å². The van der Waals surface area contributed by atoms with Gasteiger partial charge in [0.25, 0.3) is 0 Å². The second kappa shape index (κ2) is 7.09. The van der Waals surface area contributed by atoms with Gasteiger partial charge in [-0.05, 0) is 18.9 Å². The third-order valence-corrected chi connectivity index (χ3v) is 5.95. The smallest absolute Gasteiger partial charge is 0.351 e. The first-order valence-electron chi connectivity index (χ1n) is 9.49. The third kappa shape index (κ3) is 2.91. The van der Waals surface area contributed by atoms with E-state index >= 15 is 0 Å². The van der Waals surface area contributed by atoms with Crippen molar-refractivity contribution in [3.63, 3.8) is 0 Å². The highest BCUT2D eigenvalue weighted by atomic mass is 16.8. The van der Waals surface area contributed by atoms with Crippen molar-refractivity contribution in [1.82, 2.24) is 9.55 Å². The fraction of sp³-hybridized carbons (Fsp3) is 0.722. The number of aromatic nitrogens is 2. The van der Waals surface area contributed by atoms with Gasteiger partial charge in [-0.15, -0.1) is 0 Å². The molecule has 3 unspecified atom stereocenters. The van der Waals surface area contributed by atoms with Crippen LogP contribution in [-0.4, -0.2) is 56.1 Å². The maximum Gasteiger partial charge on any atom is 0.351 e. The summed E-state index contributed by atoms with van der Waals surface area (Å²) < 4.78 is 19.3. The predicted molar refractivity (Wildman–Crippen MR) is 94.6 cm³/mol. The van der Waals surface area contributed by atoms with Crippen LogP contribution in [0.3, 0.4) is 0 Å². The van der Waals surface area contributed by atoms with Crippen LogP contribution in [0, 0.1) is 11.3 Å². The molecule has 3 aliphatic rings. The molecule has 0 amide bonds. The van der Waals surface area contributed by atoms with Crippen molar-refractivity contribution in [2.24, 2.45) is 0 Å². The number of aliphatic hydroxyl groups is 2. The summed E-state index contributed by atoms with van der Waals surface area (Å²) in [4.78, 5) is 16.0. The van der Waals surface area contributed by atoms with Crippen LogP contribution in [0.25, 0.3) is 0 Å². The van der Waals surface area contributed by atoms with Gasteiger partial charge in [0.1, 0.15) is 29.7 Å². The molecule has 5 atom stereocenters. The van der Waals surface area contributed by atoms with Gasteiger partial charge in [-0.25, -0.2) is 4.79 Å². The summed E-state index contributed by atoms with van der Waals surface area (Å²) >= 11 is 0. The second-order valence-electron chi connectivity index (χ2n) is 7.63. The molecule has 1 aliphatic carbocycles. The number of ether oxygens (including phenoxy) is 3. The lowest BCUT2D eigenvalue weighted by Gasteiger charge is -2.45. The van der Waals surface area contributed by atoms with Crippen LogP contribution in [0.2, 0.25) is 0 Å². The fourth-order valence-electron chi connectivity index (χ4n) is 4.52. The number of hydrogen-bond acceptors (Lipinski definition) is 9. The standard InChI is InChI=1S/C18H24N4O6/c19-8-7-18(17(25)5-2-1-3-6-17)27-13-11(10-23)26-15(14(13)28-18)22-9-4-12(20)21-16(22)24/h4,9,11,13-15,23,25H,1-3,5-7,10H2,(H2,20,21,24)/t11-,13?,14?,15-,18?/m1/s1. The molecule has 0 bridgehead atoms. The lowest BCUT2D eigenvalue weighted by Crippen LogP contribution is -2.57. The minimum Gasteiger partial charge on any atom is -0.394 e. The summed E-state index contributed by atoms with van der Waals surface area (Å²) in [6.45, 7) is -0.362. The summed E-state index contributed by atoms with van der Waals surface area (Å²) in [6.07, 6.45) is 1.55. The Morgan fingerprint density at radius 1 is 1.32 bits per heavy atom. The number of anilines is 1. The molecule has 28 heavy (non-hydrogen) atoms. The minimum absolute atomic E-state index is 0.0773. The summed E-state index contributed by atoms with van der Waals surface area (Å²) in [5.41, 5.74) is 3.61. The van der Waals surface area contributed by atoms with Crippen LogP contribution in [-0.2, 0) is 14.2 Å². The van der Waals surface area contributed by atoms with E-state index in [2.05, 4.69) is 11.1 Å². The molecule has 2 saturated heterocycles. The second-order valence-corrected chi connectivity index (χ2v) is 7.63. The van der Waals surface area contributed by atoms with Crippen LogP contribution >= 0.6 is 0 Å².